The van der Waals surface area contributed by atoms with Crippen LogP contribution in [0.5, 0.6) is 0 Å². The van der Waals surface area contributed by atoms with Gasteiger partial charge in [-0.25, -0.2) is 14.4 Å². The Morgan fingerprint density at radius 3 is 2.56 bits per heavy atom. The molecule has 0 bridgehead atoms. The zero-order valence-electron chi connectivity index (χ0n) is 8.74. The Morgan fingerprint density at radius 2 is 1.94 bits per heavy atom. The lowest BCUT2D eigenvalue weighted by atomic mass is 10.2. The minimum Gasteiger partial charge on any atom is -0.396 e. The summed E-state index contributed by atoms with van der Waals surface area (Å²) in [7, 11) is 0. The highest BCUT2D eigenvalue weighted by Crippen LogP contribution is 2.16. The van der Waals surface area contributed by atoms with Crippen LogP contribution in [-0.2, 0) is 0 Å². The summed E-state index contributed by atoms with van der Waals surface area (Å²) in [5.74, 6) is 0.198. The molecule has 0 radical (unpaired) electrons. The van der Waals surface area contributed by atoms with Crippen LogP contribution in [0.4, 0.5) is 21.7 Å². The van der Waals surface area contributed by atoms with E-state index in [0.29, 0.717) is 17.2 Å². The highest BCUT2D eigenvalue weighted by atomic mass is 19.1. The predicted molar refractivity (Wildman–Crippen MR) is 60.9 cm³/mol. The second-order valence-corrected chi connectivity index (χ2v) is 3.43. The van der Waals surface area contributed by atoms with E-state index in [9.17, 15) is 4.39 Å². The molecule has 1 aromatic carbocycles. The lowest BCUT2D eigenvalue weighted by Gasteiger charge is -2.05. The molecule has 2 rings (SSSR count). The van der Waals surface area contributed by atoms with E-state index in [1.54, 1.807) is 19.1 Å². The van der Waals surface area contributed by atoms with Gasteiger partial charge in [-0.05, 0) is 30.7 Å². The van der Waals surface area contributed by atoms with Gasteiger partial charge in [-0.15, -0.1) is 0 Å². The molecule has 0 spiro atoms. The number of benzene rings is 1. The van der Waals surface area contributed by atoms with Crippen LogP contribution in [0.15, 0.2) is 30.6 Å². The van der Waals surface area contributed by atoms with Crippen molar-refractivity contribution in [2.24, 2.45) is 0 Å². The van der Waals surface area contributed by atoms with Crippen molar-refractivity contribution in [3.63, 3.8) is 0 Å². The third-order valence-electron chi connectivity index (χ3n) is 2.09. The number of rotatable bonds is 2. The van der Waals surface area contributed by atoms with E-state index in [1.807, 2.05) is 0 Å². The van der Waals surface area contributed by atoms with Crippen molar-refractivity contribution in [3.8, 4) is 0 Å². The minimum atomic E-state index is -0.233. The third-order valence-corrected chi connectivity index (χ3v) is 2.09. The number of nitrogens with zero attached hydrogens (tertiary/aromatic N) is 2. The van der Waals surface area contributed by atoms with Crippen molar-refractivity contribution in [3.05, 3.63) is 42.0 Å². The smallest absolute Gasteiger partial charge is 0.227 e. The summed E-state index contributed by atoms with van der Waals surface area (Å²) >= 11 is 0. The highest BCUT2D eigenvalue weighted by Gasteiger charge is 2.00. The van der Waals surface area contributed by atoms with E-state index in [2.05, 4.69) is 15.3 Å². The lowest BCUT2D eigenvalue weighted by Crippen LogP contribution is -1.98. The molecule has 0 fully saturated rings. The molecule has 0 atom stereocenters. The topological polar surface area (TPSA) is 63.8 Å². The van der Waals surface area contributed by atoms with E-state index < -0.39 is 0 Å². The number of anilines is 3. The molecular weight excluding hydrogens is 207 g/mol. The fourth-order valence-electron chi connectivity index (χ4n) is 1.25. The SMILES string of the molecule is Cc1cc(Nc2ncc(N)cn2)ccc1F. The molecule has 5 heteroatoms. The number of hydrogen-bond donors (Lipinski definition) is 2. The molecule has 0 aliphatic rings. The van der Waals surface area contributed by atoms with E-state index in [-0.39, 0.29) is 5.82 Å². The van der Waals surface area contributed by atoms with Crippen LogP contribution in [0.3, 0.4) is 0 Å². The van der Waals surface area contributed by atoms with E-state index >= 15 is 0 Å². The van der Waals surface area contributed by atoms with Gasteiger partial charge in [-0.2, -0.15) is 0 Å². The fraction of sp³-hybridized carbons (Fsp3) is 0.0909. The van der Waals surface area contributed by atoms with Crippen molar-refractivity contribution in [1.29, 1.82) is 0 Å². The van der Waals surface area contributed by atoms with E-state index in [1.165, 1.54) is 18.5 Å². The monoisotopic (exact) mass is 218 g/mol. The summed E-state index contributed by atoms with van der Waals surface area (Å²) in [5.41, 5.74) is 7.27. The van der Waals surface area contributed by atoms with Gasteiger partial charge in [-0.1, -0.05) is 0 Å². The summed E-state index contributed by atoms with van der Waals surface area (Å²) in [5, 5.41) is 2.95. The second kappa shape index (κ2) is 4.14. The van der Waals surface area contributed by atoms with Gasteiger partial charge in [-0.3, -0.25) is 0 Å². The van der Waals surface area contributed by atoms with Crippen LogP contribution in [0.1, 0.15) is 5.56 Å². The van der Waals surface area contributed by atoms with Gasteiger partial charge in [0.25, 0.3) is 0 Å². The maximum atomic E-state index is 13.0. The fourth-order valence-corrected chi connectivity index (χ4v) is 1.25. The molecule has 4 nitrogen and oxygen atoms in total. The first kappa shape index (κ1) is 10.4. The Morgan fingerprint density at radius 1 is 1.25 bits per heavy atom. The largest absolute Gasteiger partial charge is 0.396 e. The molecule has 2 aromatic rings. The molecule has 0 amide bonds. The first-order valence-corrected chi connectivity index (χ1v) is 4.76. The Bertz CT molecular complexity index is 496. The molecule has 0 saturated carbocycles. The van der Waals surface area contributed by atoms with Crippen LogP contribution in [0.2, 0.25) is 0 Å². The summed E-state index contributed by atoms with van der Waals surface area (Å²) in [6.45, 7) is 1.70. The normalized spacial score (nSPS) is 10.1. The van der Waals surface area contributed by atoms with Gasteiger partial charge in [0.15, 0.2) is 0 Å². The number of halogens is 1. The lowest BCUT2D eigenvalue weighted by molar-refractivity contribution is 0.619. The average molecular weight is 218 g/mol. The Kier molecular flexibility index (Phi) is 2.68. The van der Waals surface area contributed by atoms with Gasteiger partial charge >= 0.3 is 0 Å². The molecule has 0 aliphatic heterocycles. The van der Waals surface area contributed by atoms with Gasteiger partial charge in [0.2, 0.25) is 5.95 Å². The highest BCUT2D eigenvalue weighted by molar-refractivity contribution is 5.54. The Balaban J connectivity index is 2.20. The van der Waals surface area contributed by atoms with Crippen LogP contribution in [0.25, 0.3) is 0 Å². The molecule has 0 saturated heterocycles. The molecule has 0 aliphatic carbocycles. The second-order valence-electron chi connectivity index (χ2n) is 3.43. The standard InChI is InChI=1S/C11H11FN4/c1-7-4-9(2-3-10(7)12)16-11-14-5-8(13)6-15-11/h2-6H,13H2,1H3,(H,14,15,16). The first-order chi connectivity index (χ1) is 7.65. The molecule has 1 aromatic heterocycles. The summed E-state index contributed by atoms with van der Waals surface area (Å²) in [6.07, 6.45) is 3.01. The molecular formula is C11H11FN4. The van der Waals surface area contributed by atoms with Crippen LogP contribution in [0, 0.1) is 12.7 Å². The van der Waals surface area contributed by atoms with Gasteiger partial charge in [0.1, 0.15) is 5.82 Å². The quantitative estimate of drug-likeness (QED) is 0.811. The Hall–Kier alpha value is -2.17. The maximum absolute atomic E-state index is 13.0. The molecule has 3 N–H and O–H groups in total. The van der Waals surface area contributed by atoms with Crippen LogP contribution < -0.4 is 11.1 Å². The van der Waals surface area contributed by atoms with Crippen molar-refractivity contribution in [2.45, 2.75) is 6.92 Å². The summed E-state index contributed by atoms with van der Waals surface area (Å²) in [6, 6.07) is 4.71. The number of hydrogen-bond acceptors (Lipinski definition) is 4. The summed E-state index contributed by atoms with van der Waals surface area (Å²) < 4.78 is 13.0. The molecule has 0 unspecified atom stereocenters. The van der Waals surface area contributed by atoms with Crippen LogP contribution in [-0.4, -0.2) is 9.97 Å². The third kappa shape index (κ3) is 2.25. The molecule has 82 valence electrons. The van der Waals surface area contributed by atoms with Crippen molar-refractivity contribution < 1.29 is 4.39 Å². The maximum Gasteiger partial charge on any atom is 0.227 e. The minimum absolute atomic E-state index is 0.233. The molecule has 16 heavy (non-hydrogen) atoms. The zero-order valence-corrected chi connectivity index (χ0v) is 8.74. The summed E-state index contributed by atoms with van der Waals surface area (Å²) in [4.78, 5) is 7.97. The number of nitrogens with one attached hydrogen (secondary N) is 1. The number of nitrogen functional groups attached to an aromatic ring is 1. The van der Waals surface area contributed by atoms with Crippen molar-refractivity contribution in [2.75, 3.05) is 11.1 Å². The first-order valence-electron chi connectivity index (χ1n) is 4.76. The zero-order chi connectivity index (χ0) is 11.5. The molecule has 1 heterocycles. The number of nitrogens with two attached hydrogens (primary N) is 1. The van der Waals surface area contributed by atoms with E-state index in [0.717, 1.165) is 5.69 Å². The van der Waals surface area contributed by atoms with Gasteiger partial charge in [0.05, 0.1) is 18.1 Å². The predicted octanol–water partition coefficient (Wildman–Crippen LogP) is 2.25. The van der Waals surface area contributed by atoms with Gasteiger partial charge in [0, 0.05) is 5.69 Å². The Labute approximate surface area is 92.3 Å². The van der Waals surface area contributed by atoms with Gasteiger partial charge < -0.3 is 11.1 Å². The van der Waals surface area contributed by atoms with E-state index in [4.69, 9.17) is 5.73 Å². The van der Waals surface area contributed by atoms with Crippen molar-refractivity contribution >= 4 is 17.3 Å². The van der Waals surface area contributed by atoms with Crippen molar-refractivity contribution in [1.82, 2.24) is 9.97 Å². The van der Waals surface area contributed by atoms with Crippen LogP contribution >= 0.6 is 0 Å². The number of aryl methyl sites for hydroxylation is 1. The number of aromatic nitrogens is 2. The average Bonchev–Trinajstić information content (AvgIpc) is 2.27.